The van der Waals surface area contributed by atoms with E-state index in [9.17, 15) is 5.11 Å². The first-order valence-electron chi connectivity index (χ1n) is 6.72. The Kier molecular flexibility index (Phi) is 3.18. The number of ether oxygens (including phenoxy) is 1. The third kappa shape index (κ3) is 2.20. The monoisotopic (exact) mass is 251 g/mol. The number of hydrogen-bond donors (Lipinski definition) is 1. The molecule has 1 aliphatic carbocycles. The molecule has 0 spiro atoms. The largest absolute Gasteiger partial charge is 0.468 e. The summed E-state index contributed by atoms with van der Waals surface area (Å²) in [5, 5.41) is 9.57. The molecule has 100 valence electrons. The average molecular weight is 251 g/mol. The van der Waals surface area contributed by atoms with Crippen molar-refractivity contribution < 1.29 is 14.3 Å². The highest BCUT2D eigenvalue weighted by Gasteiger charge is 2.44. The van der Waals surface area contributed by atoms with Crippen LogP contribution in [-0.4, -0.2) is 42.4 Å². The Morgan fingerprint density at radius 3 is 2.72 bits per heavy atom. The normalized spacial score (nSPS) is 23.9. The van der Waals surface area contributed by atoms with Crippen molar-refractivity contribution >= 4 is 0 Å². The zero-order valence-electron chi connectivity index (χ0n) is 10.8. The van der Waals surface area contributed by atoms with E-state index < -0.39 is 0 Å². The van der Waals surface area contributed by atoms with Gasteiger partial charge in [0.15, 0.2) is 0 Å². The summed E-state index contributed by atoms with van der Waals surface area (Å²) in [4.78, 5) is 2.47. The molecule has 0 aromatic carbocycles. The molecular weight excluding hydrogens is 230 g/mol. The lowest BCUT2D eigenvalue weighted by Crippen LogP contribution is -2.54. The van der Waals surface area contributed by atoms with Gasteiger partial charge < -0.3 is 14.3 Å². The zero-order valence-corrected chi connectivity index (χ0v) is 10.8. The molecule has 0 amide bonds. The number of aliphatic hydroxyl groups excluding tert-OH is 1. The van der Waals surface area contributed by atoms with E-state index in [4.69, 9.17) is 9.15 Å². The van der Waals surface area contributed by atoms with Gasteiger partial charge in [0.2, 0.25) is 0 Å². The molecule has 1 N–H and O–H groups in total. The predicted octanol–water partition coefficient (Wildman–Crippen LogP) is 1.81. The third-order valence-electron chi connectivity index (χ3n) is 4.14. The predicted molar refractivity (Wildman–Crippen MR) is 67.2 cm³/mol. The van der Waals surface area contributed by atoms with Crippen LogP contribution in [0.4, 0.5) is 0 Å². The molecule has 0 bridgehead atoms. The van der Waals surface area contributed by atoms with Gasteiger partial charge in [0, 0.05) is 12.6 Å². The van der Waals surface area contributed by atoms with Gasteiger partial charge in [0.1, 0.15) is 5.76 Å². The zero-order chi connectivity index (χ0) is 12.6. The fourth-order valence-electron chi connectivity index (χ4n) is 2.69. The first-order valence-corrected chi connectivity index (χ1v) is 6.72. The number of hydrogen-bond acceptors (Lipinski definition) is 4. The van der Waals surface area contributed by atoms with Crippen molar-refractivity contribution in [3.8, 4) is 0 Å². The van der Waals surface area contributed by atoms with Crippen LogP contribution in [0, 0.1) is 5.41 Å². The molecule has 2 heterocycles. The van der Waals surface area contributed by atoms with Crippen molar-refractivity contribution in [2.24, 2.45) is 5.41 Å². The maximum atomic E-state index is 9.57. The van der Waals surface area contributed by atoms with E-state index in [1.54, 1.807) is 6.26 Å². The summed E-state index contributed by atoms with van der Waals surface area (Å²) in [6.45, 7) is 4.65. The number of rotatable bonds is 6. The molecule has 2 fully saturated rings. The Hall–Kier alpha value is -0.840. The smallest absolute Gasteiger partial charge is 0.120 e. The van der Waals surface area contributed by atoms with E-state index in [1.807, 2.05) is 12.1 Å². The summed E-state index contributed by atoms with van der Waals surface area (Å²) < 4.78 is 10.8. The molecule has 1 aliphatic heterocycles. The molecular formula is C14H21NO3. The van der Waals surface area contributed by atoms with Gasteiger partial charge in [0.05, 0.1) is 37.5 Å². The van der Waals surface area contributed by atoms with Crippen molar-refractivity contribution in [2.45, 2.75) is 31.8 Å². The Morgan fingerprint density at radius 1 is 1.50 bits per heavy atom. The van der Waals surface area contributed by atoms with E-state index in [1.165, 1.54) is 12.8 Å². The minimum absolute atomic E-state index is 0.0521. The Balaban J connectivity index is 1.72. The molecule has 1 unspecified atom stereocenters. The molecule has 1 aromatic heterocycles. The summed E-state index contributed by atoms with van der Waals surface area (Å²) in [5.41, 5.74) is -0.0521. The van der Waals surface area contributed by atoms with Gasteiger partial charge in [-0.2, -0.15) is 0 Å². The van der Waals surface area contributed by atoms with Crippen molar-refractivity contribution in [1.82, 2.24) is 4.90 Å². The summed E-state index contributed by atoms with van der Waals surface area (Å²) in [6, 6.07) is 4.89. The molecule has 1 atom stereocenters. The molecule has 1 aromatic rings. The lowest BCUT2D eigenvalue weighted by Gasteiger charge is -2.44. The summed E-state index contributed by atoms with van der Waals surface area (Å²) in [6.07, 6.45) is 4.24. The van der Waals surface area contributed by atoms with Crippen LogP contribution in [0.3, 0.4) is 0 Å². The lowest BCUT2D eigenvalue weighted by atomic mass is 9.86. The Bertz CT molecular complexity index is 376. The van der Waals surface area contributed by atoms with E-state index in [-0.39, 0.29) is 18.1 Å². The topological polar surface area (TPSA) is 45.8 Å². The fraction of sp³-hybridized carbons (Fsp3) is 0.714. The quantitative estimate of drug-likeness (QED) is 0.837. The highest BCUT2D eigenvalue weighted by atomic mass is 16.5. The minimum atomic E-state index is -0.0521. The lowest BCUT2D eigenvalue weighted by molar-refractivity contribution is -0.152. The van der Waals surface area contributed by atoms with Crippen LogP contribution in [0.5, 0.6) is 0 Å². The van der Waals surface area contributed by atoms with Crippen LogP contribution >= 0.6 is 0 Å². The van der Waals surface area contributed by atoms with E-state index in [2.05, 4.69) is 11.8 Å². The van der Waals surface area contributed by atoms with Gasteiger partial charge in [-0.3, -0.25) is 4.90 Å². The van der Waals surface area contributed by atoms with Crippen molar-refractivity contribution in [2.75, 3.05) is 26.4 Å². The maximum absolute atomic E-state index is 9.57. The van der Waals surface area contributed by atoms with E-state index in [0.717, 1.165) is 12.3 Å². The second kappa shape index (κ2) is 4.68. The minimum Gasteiger partial charge on any atom is -0.468 e. The summed E-state index contributed by atoms with van der Waals surface area (Å²) in [5.74, 6) is 1.01. The summed E-state index contributed by atoms with van der Waals surface area (Å²) in [7, 11) is 0. The highest BCUT2D eigenvalue weighted by molar-refractivity contribution is 5.07. The standard InChI is InChI=1S/C14H21NO3/c1-11(13-3-2-6-18-13)15(12-4-5-12)7-14(8-16)9-17-10-14/h2-3,6,11-12,16H,4-5,7-10H2,1H3. The summed E-state index contributed by atoms with van der Waals surface area (Å²) >= 11 is 0. The highest BCUT2D eigenvalue weighted by Crippen LogP contribution is 2.39. The van der Waals surface area contributed by atoms with Gasteiger partial charge in [-0.1, -0.05) is 0 Å². The molecule has 1 saturated carbocycles. The van der Waals surface area contributed by atoms with Crippen molar-refractivity contribution in [3.05, 3.63) is 24.2 Å². The van der Waals surface area contributed by atoms with Crippen LogP contribution in [0.1, 0.15) is 31.6 Å². The molecule has 4 heteroatoms. The number of aliphatic hydroxyl groups is 1. The van der Waals surface area contributed by atoms with Gasteiger partial charge >= 0.3 is 0 Å². The fourth-order valence-corrected chi connectivity index (χ4v) is 2.69. The van der Waals surface area contributed by atoms with Gasteiger partial charge in [-0.25, -0.2) is 0 Å². The molecule has 0 radical (unpaired) electrons. The Labute approximate surface area is 108 Å². The van der Waals surface area contributed by atoms with Crippen LogP contribution in [-0.2, 0) is 4.74 Å². The van der Waals surface area contributed by atoms with Crippen molar-refractivity contribution in [1.29, 1.82) is 0 Å². The van der Waals surface area contributed by atoms with Crippen LogP contribution < -0.4 is 0 Å². The van der Waals surface area contributed by atoms with E-state index in [0.29, 0.717) is 19.3 Å². The number of nitrogens with zero attached hydrogens (tertiary/aromatic N) is 1. The Morgan fingerprint density at radius 2 is 2.28 bits per heavy atom. The average Bonchev–Trinajstić information content (AvgIpc) is 3.03. The maximum Gasteiger partial charge on any atom is 0.120 e. The van der Waals surface area contributed by atoms with Crippen molar-refractivity contribution in [3.63, 3.8) is 0 Å². The SMILES string of the molecule is CC(c1ccco1)N(CC1(CO)COC1)C1CC1. The third-order valence-corrected chi connectivity index (χ3v) is 4.14. The van der Waals surface area contributed by atoms with E-state index >= 15 is 0 Å². The second-order valence-electron chi connectivity index (χ2n) is 5.75. The van der Waals surface area contributed by atoms with Gasteiger partial charge in [0.25, 0.3) is 0 Å². The van der Waals surface area contributed by atoms with Crippen LogP contribution in [0.2, 0.25) is 0 Å². The molecule has 4 nitrogen and oxygen atoms in total. The van der Waals surface area contributed by atoms with Crippen LogP contribution in [0.25, 0.3) is 0 Å². The van der Waals surface area contributed by atoms with Gasteiger partial charge in [-0.15, -0.1) is 0 Å². The first kappa shape index (κ1) is 12.2. The molecule has 18 heavy (non-hydrogen) atoms. The molecule has 2 aliphatic rings. The molecule has 3 rings (SSSR count). The second-order valence-corrected chi connectivity index (χ2v) is 5.75. The molecule has 1 saturated heterocycles. The number of furan rings is 1. The van der Waals surface area contributed by atoms with Gasteiger partial charge in [-0.05, 0) is 31.9 Å². The first-order chi connectivity index (χ1) is 8.74. The van der Waals surface area contributed by atoms with Crippen LogP contribution in [0.15, 0.2) is 22.8 Å².